The molecule has 14 nitrogen and oxygen atoms in total. The topological polar surface area (TPSA) is 135 Å². The zero-order chi connectivity index (χ0) is 31.1. The number of likely N-dealkylation sites (N-methyl/N-ethyl adjacent to an activating group) is 4. The molecule has 228 valence electrons. The number of aryl methyl sites for hydroxylation is 1. The van der Waals surface area contributed by atoms with Crippen molar-refractivity contribution in [1.82, 2.24) is 39.2 Å². The third-order valence-corrected chi connectivity index (χ3v) is 5.94. The number of hydrogen-bond acceptors (Lipinski definition) is 8. The summed E-state index contributed by atoms with van der Waals surface area (Å²) >= 11 is 0. The van der Waals surface area contributed by atoms with Crippen LogP contribution in [-0.2, 0) is 15.9 Å². The molecule has 14 heteroatoms. The molecule has 41 heavy (non-hydrogen) atoms. The van der Waals surface area contributed by atoms with Gasteiger partial charge in [-0.3, -0.25) is 0 Å². The van der Waals surface area contributed by atoms with Gasteiger partial charge in [-0.25, -0.2) is 19.2 Å². The van der Waals surface area contributed by atoms with Crippen molar-refractivity contribution in [2.24, 2.45) is 0 Å². The molecule has 0 saturated heterocycles. The monoisotopic (exact) mass is 576 g/mol. The summed E-state index contributed by atoms with van der Waals surface area (Å²) in [6.45, 7) is 11.9. The Labute approximate surface area is 241 Å². The maximum absolute atomic E-state index is 12.8. The number of amides is 4. The first kappa shape index (κ1) is 33.1. The number of carbonyl (C=O) groups excluding carboxylic acids is 4. The normalized spacial score (nSPS) is 11.6. The van der Waals surface area contributed by atoms with Crippen molar-refractivity contribution in [1.29, 1.82) is 0 Å². The van der Waals surface area contributed by atoms with Crippen LogP contribution >= 0.6 is 0 Å². The second kappa shape index (κ2) is 13.5. The van der Waals surface area contributed by atoms with Crippen molar-refractivity contribution in [3.05, 3.63) is 35.9 Å². The molecule has 0 N–H and O–H groups in total. The van der Waals surface area contributed by atoms with E-state index in [1.165, 1.54) is 29.0 Å². The van der Waals surface area contributed by atoms with Crippen LogP contribution in [0.2, 0.25) is 0 Å². The molecular weight excluding hydrogens is 532 g/mol. The molecule has 0 aliphatic heterocycles. The van der Waals surface area contributed by atoms with Crippen LogP contribution in [0.5, 0.6) is 0 Å². The van der Waals surface area contributed by atoms with Crippen molar-refractivity contribution >= 4 is 24.2 Å². The van der Waals surface area contributed by atoms with Gasteiger partial charge >= 0.3 is 24.2 Å². The van der Waals surface area contributed by atoms with Crippen molar-refractivity contribution < 1.29 is 28.7 Å². The smallest absolute Gasteiger partial charge is 0.410 e. The van der Waals surface area contributed by atoms with Gasteiger partial charge in [-0.05, 0) is 52.7 Å². The minimum Gasteiger partial charge on any atom is -0.444 e. The van der Waals surface area contributed by atoms with Crippen LogP contribution < -0.4 is 0 Å². The summed E-state index contributed by atoms with van der Waals surface area (Å²) in [6.07, 6.45) is 5.70. The molecule has 2 aromatic heterocycles. The highest BCUT2D eigenvalue weighted by molar-refractivity contribution is 5.76. The SMILES string of the molecule is Cc1cnn(C(=O)N(C)CCN(C)C(=O)OC(C)(C)Cc2cnn(C(=O)N(C)CCN(C)C(=O)OC(C)(C)C)c2)c1. The van der Waals surface area contributed by atoms with Crippen LogP contribution in [-0.4, -0.2) is 129 Å². The minimum absolute atomic E-state index is 0.263. The molecule has 0 aromatic carbocycles. The van der Waals surface area contributed by atoms with E-state index in [9.17, 15) is 19.2 Å². The first-order valence-electron chi connectivity index (χ1n) is 13.3. The van der Waals surface area contributed by atoms with Gasteiger partial charge in [0.25, 0.3) is 0 Å². The second-order valence-corrected chi connectivity index (χ2v) is 11.8. The zero-order valence-corrected chi connectivity index (χ0v) is 25.9. The number of carbonyl (C=O) groups is 4. The molecule has 0 aliphatic rings. The summed E-state index contributed by atoms with van der Waals surface area (Å²) in [4.78, 5) is 55.9. The lowest BCUT2D eigenvalue weighted by Gasteiger charge is -2.28. The predicted octanol–water partition coefficient (Wildman–Crippen LogP) is 3.14. The van der Waals surface area contributed by atoms with Crippen molar-refractivity contribution in [2.75, 3.05) is 54.4 Å². The van der Waals surface area contributed by atoms with Gasteiger partial charge in [0.15, 0.2) is 0 Å². The highest BCUT2D eigenvalue weighted by atomic mass is 16.6. The number of ether oxygens (including phenoxy) is 2. The molecule has 0 saturated carbocycles. The fourth-order valence-corrected chi connectivity index (χ4v) is 3.58. The molecule has 0 radical (unpaired) electrons. The largest absolute Gasteiger partial charge is 0.444 e. The van der Waals surface area contributed by atoms with Gasteiger partial charge < -0.3 is 29.1 Å². The number of nitrogens with zero attached hydrogens (tertiary/aromatic N) is 8. The van der Waals surface area contributed by atoms with Crippen LogP contribution in [0.25, 0.3) is 0 Å². The molecule has 2 rings (SSSR count). The molecule has 2 aromatic rings. The number of rotatable bonds is 9. The summed E-state index contributed by atoms with van der Waals surface area (Å²) in [5.74, 6) is 0. The molecule has 0 bridgehead atoms. The Balaban J connectivity index is 1.84. The summed E-state index contributed by atoms with van der Waals surface area (Å²) in [6, 6.07) is -0.667. The predicted molar refractivity (Wildman–Crippen MR) is 152 cm³/mol. The highest BCUT2D eigenvalue weighted by Gasteiger charge is 2.27. The fraction of sp³-hybridized carbons (Fsp3) is 0.630. The number of hydrogen-bond donors (Lipinski definition) is 0. The van der Waals surface area contributed by atoms with E-state index in [4.69, 9.17) is 9.47 Å². The second-order valence-electron chi connectivity index (χ2n) is 11.8. The average Bonchev–Trinajstić information content (AvgIpc) is 3.51. The lowest BCUT2D eigenvalue weighted by molar-refractivity contribution is 0.0175. The highest BCUT2D eigenvalue weighted by Crippen LogP contribution is 2.18. The summed E-state index contributed by atoms with van der Waals surface area (Å²) in [5.41, 5.74) is 0.0872. The van der Waals surface area contributed by atoms with Crippen LogP contribution in [0.4, 0.5) is 19.2 Å². The van der Waals surface area contributed by atoms with Crippen LogP contribution in [0.3, 0.4) is 0 Å². The first-order chi connectivity index (χ1) is 18.9. The Bertz CT molecular complexity index is 1210. The van der Waals surface area contributed by atoms with E-state index in [2.05, 4.69) is 10.2 Å². The summed E-state index contributed by atoms with van der Waals surface area (Å²) in [7, 11) is 6.47. The average molecular weight is 577 g/mol. The van der Waals surface area contributed by atoms with Gasteiger partial charge in [-0.15, -0.1) is 0 Å². The first-order valence-corrected chi connectivity index (χ1v) is 13.3. The van der Waals surface area contributed by atoms with Crippen molar-refractivity contribution in [2.45, 2.75) is 59.2 Å². The molecule has 0 aliphatic carbocycles. The Morgan fingerprint density at radius 3 is 1.61 bits per heavy atom. The lowest BCUT2D eigenvalue weighted by atomic mass is 10.0. The van der Waals surface area contributed by atoms with E-state index in [1.54, 1.807) is 87.6 Å². The molecule has 0 unspecified atom stereocenters. The third kappa shape index (κ3) is 10.4. The molecule has 0 fully saturated rings. The van der Waals surface area contributed by atoms with Crippen molar-refractivity contribution in [3.63, 3.8) is 0 Å². The van der Waals surface area contributed by atoms with Crippen LogP contribution in [0.15, 0.2) is 24.8 Å². The maximum Gasteiger partial charge on any atom is 0.410 e. The van der Waals surface area contributed by atoms with E-state index < -0.39 is 23.4 Å². The van der Waals surface area contributed by atoms with Crippen LogP contribution in [0.1, 0.15) is 45.7 Å². The quantitative estimate of drug-likeness (QED) is 0.444. The standard InChI is InChI=1S/C27H44N8O6/c1-20-16-28-34(18-20)22(36)30(7)12-14-33(10)25(39)41-27(5,6)15-21-17-29-35(19-21)23(37)31(8)11-13-32(9)24(38)40-26(2,3)4/h16-19H,11-15H2,1-10H3. The minimum atomic E-state index is -0.890. The molecule has 4 amide bonds. The Morgan fingerprint density at radius 1 is 0.707 bits per heavy atom. The van der Waals surface area contributed by atoms with E-state index >= 15 is 0 Å². The zero-order valence-electron chi connectivity index (χ0n) is 25.9. The Kier molecular flexibility index (Phi) is 10.9. The van der Waals surface area contributed by atoms with E-state index in [0.717, 1.165) is 5.56 Å². The van der Waals surface area contributed by atoms with E-state index in [-0.39, 0.29) is 31.7 Å². The molecular formula is C27H44N8O6. The fourth-order valence-electron chi connectivity index (χ4n) is 3.58. The molecule has 0 atom stereocenters. The van der Waals surface area contributed by atoms with Crippen molar-refractivity contribution in [3.8, 4) is 0 Å². The van der Waals surface area contributed by atoms with E-state index in [1.807, 2.05) is 6.92 Å². The van der Waals surface area contributed by atoms with Gasteiger partial charge in [0.2, 0.25) is 0 Å². The summed E-state index contributed by atoms with van der Waals surface area (Å²) in [5, 5.41) is 8.18. The van der Waals surface area contributed by atoms with E-state index in [0.29, 0.717) is 18.5 Å². The van der Waals surface area contributed by atoms with Gasteiger partial charge in [-0.2, -0.15) is 19.6 Å². The Morgan fingerprint density at radius 2 is 1.15 bits per heavy atom. The van der Waals surface area contributed by atoms with Crippen LogP contribution in [0, 0.1) is 6.92 Å². The maximum atomic E-state index is 12.8. The van der Waals surface area contributed by atoms with Gasteiger partial charge in [-0.1, -0.05) is 0 Å². The molecule has 2 heterocycles. The molecule has 0 spiro atoms. The van der Waals surface area contributed by atoms with Gasteiger partial charge in [0.05, 0.1) is 12.4 Å². The third-order valence-electron chi connectivity index (χ3n) is 5.94. The Hall–Kier alpha value is -4.10. The van der Waals surface area contributed by atoms with Gasteiger partial charge in [0, 0.05) is 73.2 Å². The number of aromatic nitrogens is 4. The summed E-state index contributed by atoms with van der Waals surface area (Å²) < 4.78 is 13.5. The lowest BCUT2D eigenvalue weighted by Crippen LogP contribution is -2.42. The van der Waals surface area contributed by atoms with Gasteiger partial charge in [0.1, 0.15) is 11.2 Å².